The van der Waals surface area contributed by atoms with Gasteiger partial charge in [-0.3, -0.25) is 4.90 Å². The first-order chi connectivity index (χ1) is 11.1. The molecule has 1 fully saturated rings. The van der Waals surface area contributed by atoms with Crippen LogP contribution in [0.2, 0.25) is 5.02 Å². The number of hydrogen-bond acceptors (Lipinski definition) is 3. The molecule has 1 N–H and O–H groups in total. The van der Waals surface area contributed by atoms with Crippen LogP contribution in [-0.4, -0.2) is 40.9 Å². The van der Waals surface area contributed by atoms with Crippen LogP contribution in [0.25, 0.3) is 5.69 Å². The van der Waals surface area contributed by atoms with Crippen LogP contribution in [0.1, 0.15) is 29.8 Å². The highest BCUT2D eigenvalue weighted by Gasteiger charge is 2.21. The van der Waals surface area contributed by atoms with Gasteiger partial charge in [-0.25, -0.2) is 4.68 Å². The maximum atomic E-state index is 5.99. The molecule has 0 radical (unpaired) electrons. The molecule has 0 saturated carbocycles. The minimum Gasteiger partial charge on any atom is -0.316 e. The van der Waals surface area contributed by atoms with Crippen molar-refractivity contribution in [3.63, 3.8) is 0 Å². The third-order valence-corrected chi connectivity index (χ3v) is 5.06. The Kier molecular flexibility index (Phi) is 6.70. The highest BCUT2D eigenvalue weighted by atomic mass is 35.5. The Hall–Kier alpha value is -1.07. The maximum Gasteiger partial charge on any atom is 0.0649 e. The number of piperidine rings is 1. The summed E-state index contributed by atoms with van der Waals surface area (Å²) in [6.45, 7) is 7.52. The lowest BCUT2D eigenvalue weighted by molar-refractivity contribution is 0.187. The summed E-state index contributed by atoms with van der Waals surface area (Å²) < 4.78 is 2.03. The van der Waals surface area contributed by atoms with Gasteiger partial charge in [0.1, 0.15) is 0 Å². The third kappa shape index (κ3) is 4.12. The summed E-state index contributed by atoms with van der Waals surface area (Å²) in [4.78, 5) is 2.54. The van der Waals surface area contributed by atoms with Crippen molar-refractivity contribution in [2.24, 2.45) is 0 Å². The van der Waals surface area contributed by atoms with E-state index in [1.807, 2.05) is 28.9 Å². The standard InChI is InChI=1S/C18H25ClN4.ClH/c1-13-18(12-22-10-4-5-16(11-22)20-3)14(2)23(21-13)17-8-6-15(19)7-9-17;/h6-9,16,20H,4-5,10-12H2,1-3H3;1H. The molecule has 1 saturated heterocycles. The minimum atomic E-state index is 0. The summed E-state index contributed by atoms with van der Waals surface area (Å²) in [5.41, 5.74) is 4.74. The van der Waals surface area contributed by atoms with E-state index in [-0.39, 0.29) is 12.4 Å². The van der Waals surface area contributed by atoms with Crippen molar-refractivity contribution in [1.82, 2.24) is 20.0 Å². The number of benzene rings is 1. The zero-order chi connectivity index (χ0) is 16.4. The summed E-state index contributed by atoms with van der Waals surface area (Å²) in [7, 11) is 2.06. The molecule has 0 bridgehead atoms. The SMILES string of the molecule is CNC1CCCN(Cc2c(C)nn(-c3ccc(Cl)cc3)c2C)C1.Cl. The molecule has 0 spiro atoms. The zero-order valence-electron chi connectivity index (χ0n) is 14.6. The quantitative estimate of drug-likeness (QED) is 0.891. The van der Waals surface area contributed by atoms with Crippen molar-refractivity contribution in [3.05, 3.63) is 46.2 Å². The predicted molar refractivity (Wildman–Crippen MR) is 103 cm³/mol. The van der Waals surface area contributed by atoms with Gasteiger partial charge in [0.25, 0.3) is 0 Å². The second kappa shape index (κ2) is 8.34. The van der Waals surface area contributed by atoms with Gasteiger partial charge >= 0.3 is 0 Å². The smallest absolute Gasteiger partial charge is 0.0649 e. The van der Waals surface area contributed by atoms with Crippen LogP contribution >= 0.6 is 24.0 Å². The predicted octanol–water partition coefficient (Wildman–Crippen LogP) is 3.75. The molecule has 4 nitrogen and oxygen atoms in total. The number of aromatic nitrogens is 2. The van der Waals surface area contributed by atoms with Crippen LogP contribution in [0, 0.1) is 13.8 Å². The number of likely N-dealkylation sites (tertiary alicyclic amines) is 1. The van der Waals surface area contributed by atoms with Gasteiger partial charge in [0.05, 0.1) is 11.4 Å². The van der Waals surface area contributed by atoms with Gasteiger partial charge in [-0.1, -0.05) is 11.6 Å². The van der Waals surface area contributed by atoms with Crippen LogP contribution in [0.4, 0.5) is 0 Å². The topological polar surface area (TPSA) is 33.1 Å². The highest BCUT2D eigenvalue weighted by Crippen LogP contribution is 2.22. The first-order valence-corrected chi connectivity index (χ1v) is 8.67. The lowest BCUT2D eigenvalue weighted by Crippen LogP contribution is -2.44. The molecule has 6 heteroatoms. The first-order valence-electron chi connectivity index (χ1n) is 8.29. The molecular formula is C18H26Cl2N4. The Morgan fingerprint density at radius 3 is 2.62 bits per heavy atom. The van der Waals surface area contributed by atoms with Gasteiger partial charge in [0.15, 0.2) is 0 Å². The Bertz CT molecular complexity index is 666. The molecule has 2 aromatic rings. The van der Waals surface area contributed by atoms with Crippen molar-refractivity contribution in [2.45, 2.75) is 39.3 Å². The van der Waals surface area contributed by atoms with E-state index < -0.39 is 0 Å². The third-order valence-electron chi connectivity index (χ3n) is 4.81. The summed E-state index contributed by atoms with van der Waals surface area (Å²) in [6, 6.07) is 8.47. The van der Waals surface area contributed by atoms with E-state index in [4.69, 9.17) is 16.7 Å². The molecule has 1 aromatic carbocycles. The Morgan fingerprint density at radius 2 is 1.96 bits per heavy atom. The van der Waals surface area contributed by atoms with Crippen molar-refractivity contribution in [2.75, 3.05) is 20.1 Å². The van der Waals surface area contributed by atoms with Crippen molar-refractivity contribution < 1.29 is 0 Å². The molecule has 0 aliphatic carbocycles. The number of aryl methyl sites for hydroxylation is 1. The lowest BCUT2D eigenvalue weighted by Gasteiger charge is -2.32. The van der Waals surface area contributed by atoms with Crippen LogP contribution in [0.5, 0.6) is 0 Å². The minimum absolute atomic E-state index is 0. The van der Waals surface area contributed by atoms with Gasteiger partial charge in [-0.2, -0.15) is 5.10 Å². The van der Waals surface area contributed by atoms with Crippen molar-refractivity contribution >= 4 is 24.0 Å². The average molecular weight is 369 g/mol. The van der Waals surface area contributed by atoms with Gasteiger partial charge < -0.3 is 5.32 Å². The Labute approximate surface area is 155 Å². The second-order valence-corrected chi connectivity index (χ2v) is 6.84. The number of likely N-dealkylation sites (N-methyl/N-ethyl adjacent to an activating group) is 1. The molecule has 1 unspecified atom stereocenters. The van der Waals surface area contributed by atoms with Gasteiger partial charge in [-0.15, -0.1) is 12.4 Å². The molecule has 1 aliphatic rings. The summed E-state index contributed by atoms with van der Waals surface area (Å²) in [5, 5.41) is 8.91. The first kappa shape index (κ1) is 19.3. The van der Waals surface area contributed by atoms with Crippen LogP contribution < -0.4 is 5.32 Å². The van der Waals surface area contributed by atoms with E-state index in [9.17, 15) is 0 Å². The molecule has 2 heterocycles. The summed E-state index contributed by atoms with van der Waals surface area (Å²) in [6.07, 6.45) is 2.53. The summed E-state index contributed by atoms with van der Waals surface area (Å²) in [5.74, 6) is 0. The molecule has 1 aliphatic heterocycles. The van der Waals surface area contributed by atoms with E-state index in [1.165, 1.54) is 30.6 Å². The van der Waals surface area contributed by atoms with E-state index in [2.05, 4.69) is 31.1 Å². The average Bonchev–Trinajstić information content (AvgIpc) is 2.84. The lowest BCUT2D eigenvalue weighted by atomic mass is 10.0. The molecule has 132 valence electrons. The van der Waals surface area contributed by atoms with Gasteiger partial charge in [-0.05, 0) is 64.5 Å². The Balaban J connectivity index is 0.00000208. The fraction of sp³-hybridized carbons (Fsp3) is 0.500. The fourth-order valence-corrected chi connectivity index (χ4v) is 3.52. The molecule has 3 rings (SSSR count). The molecule has 24 heavy (non-hydrogen) atoms. The van der Waals surface area contributed by atoms with Crippen LogP contribution in [0.3, 0.4) is 0 Å². The highest BCUT2D eigenvalue weighted by molar-refractivity contribution is 6.30. The zero-order valence-corrected chi connectivity index (χ0v) is 16.1. The Morgan fingerprint density at radius 1 is 1.25 bits per heavy atom. The monoisotopic (exact) mass is 368 g/mol. The van der Waals surface area contributed by atoms with E-state index in [0.717, 1.165) is 29.5 Å². The molecule has 1 atom stereocenters. The number of rotatable bonds is 4. The fourth-order valence-electron chi connectivity index (χ4n) is 3.40. The molecular weight excluding hydrogens is 343 g/mol. The van der Waals surface area contributed by atoms with Crippen LogP contribution in [0.15, 0.2) is 24.3 Å². The van der Waals surface area contributed by atoms with Gasteiger partial charge in [0, 0.05) is 35.4 Å². The molecule has 0 amide bonds. The van der Waals surface area contributed by atoms with E-state index >= 15 is 0 Å². The van der Waals surface area contributed by atoms with E-state index in [1.54, 1.807) is 0 Å². The van der Waals surface area contributed by atoms with E-state index in [0.29, 0.717) is 6.04 Å². The van der Waals surface area contributed by atoms with Gasteiger partial charge in [0.2, 0.25) is 0 Å². The number of halogens is 2. The number of nitrogens with zero attached hydrogens (tertiary/aromatic N) is 3. The largest absolute Gasteiger partial charge is 0.316 e. The normalized spacial score (nSPS) is 18.4. The summed E-state index contributed by atoms with van der Waals surface area (Å²) >= 11 is 5.99. The number of hydrogen-bond donors (Lipinski definition) is 1. The van der Waals surface area contributed by atoms with Crippen LogP contribution in [-0.2, 0) is 6.54 Å². The van der Waals surface area contributed by atoms with Crippen molar-refractivity contribution in [3.8, 4) is 5.69 Å². The molecule has 1 aromatic heterocycles. The second-order valence-electron chi connectivity index (χ2n) is 6.40. The van der Waals surface area contributed by atoms with Crippen molar-refractivity contribution in [1.29, 1.82) is 0 Å². The number of nitrogens with one attached hydrogen (secondary N) is 1. The maximum absolute atomic E-state index is 5.99.